The Labute approximate surface area is 150 Å². The summed E-state index contributed by atoms with van der Waals surface area (Å²) in [5, 5.41) is 3.77. The predicted molar refractivity (Wildman–Crippen MR) is 106 cm³/mol. The third kappa shape index (κ3) is 3.23. The summed E-state index contributed by atoms with van der Waals surface area (Å²) >= 11 is 0. The zero-order valence-electron chi connectivity index (χ0n) is 15.0. The van der Waals surface area contributed by atoms with E-state index in [1.807, 2.05) is 0 Å². The standard InChI is InChI=1S/C23H26N2/c1-18-10-9-15-22(19(18)2)23(25-17-16-24,20-11-5-3-6-12-20)21-13-7-4-8-14-21/h3-15,25H,16-17,24H2,1-2H3. The van der Waals surface area contributed by atoms with Crippen LogP contribution in [0.4, 0.5) is 0 Å². The Hall–Kier alpha value is -2.42. The number of nitrogens with one attached hydrogen (secondary N) is 1. The quantitative estimate of drug-likeness (QED) is 0.667. The van der Waals surface area contributed by atoms with Crippen LogP contribution in [0.25, 0.3) is 0 Å². The van der Waals surface area contributed by atoms with Gasteiger partial charge in [-0.25, -0.2) is 0 Å². The monoisotopic (exact) mass is 330 g/mol. The topological polar surface area (TPSA) is 38.0 Å². The highest BCUT2D eigenvalue weighted by molar-refractivity contribution is 5.53. The fraction of sp³-hybridized carbons (Fsp3) is 0.217. The molecule has 0 saturated carbocycles. The van der Waals surface area contributed by atoms with Crippen LogP contribution in [0.1, 0.15) is 27.8 Å². The van der Waals surface area contributed by atoms with Crippen LogP contribution in [-0.2, 0) is 5.54 Å². The molecule has 0 amide bonds. The lowest BCUT2D eigenvalue weighted by atomic mass is 9.74. The number of aryl methyl sites for hydroxylation is 1. The van der Waals surface area contributed by atoms with Gasteiger partial charge in [-0.1, -0.05) is 78.9 Å². The third-order valence-electron chi connectivity index (χ3n) is 4.96. The van der Waals surface area contributed by atoms with Crippen molar-refractivity contribution in [2.75, 3.05) is 13.1 Å². The molecule has 3 aromatic carbocycles. The first-order chi connectivity index (χ1) is 12.2. The molecule has 2 nitrogen and oxygen atoms in total. The van der Waals surface area contributed by atoms with Crippen molar-refractivity contribution in [1.82, 2.24) is 5.32 Å². The minimum absolute atomic E-state index is 0.419. The van der Waals surface area contributed by atoms with Crippen LogP contribution >= 0.6 is 0 Å². The first-order valence-electron chi connectivity index (χ1n) is 8.83. The molecule has 2 heteroatoms. The SMILES string of the molecule is Cc1cccc(C(NCCN)(c2ccccc2)c2ccccc2)c1C. The zero-order chi connectivity index (χ0) is 17.7. The van der Waals surface area contributed by atoms with Gasteiger partial charge in [0.25, 0.3) is 0 Å². The lowest BCUT2D eigenvalue weighted by Crippen LogP contribution is -2.47. The van der Waals surface area contributed by atoms with Crippen LogP contribution in [0, 0.1) is 13.8 Å². The molecule has 25 heavy (non-hydrogen) atoms. The summed E-state index contributed by atoms with van der Waals surface area (Å²) in [4.78, 5) is 0. The molecule has 0 bridgehead atoms. The molecule has 0 aliphatic heterocycles. The summed E-state index contributed by atoms with van der Waals surface area (Å²) in [6.45, 7) is 5.70. The number of hydrogen-bond acceptors (Lipinski definition) is 2. The smallest absolute Gasteiger partial charge is 0.0951 e. The van der Waals surface area contributed by atoms with Crippen LogP contribution in [0.5, 0.6) is 0 Å². The largest absolute Gasteiger partial charge is 0.329 e. The molecule has 0 aliphatic rings. The Bertz CT molecular complexity index is 771. The maximum atomic E-state index is 5.88. The van der Waals surface area contributed by atoms with E-state index >= 15 is 0 Å². The summed E-state index contributed by atoms with van der Waals surface area (Å²) in [5.41, 5.74) is 11.8. The molecule has 0 aromatic heterocycles. The van der Waals surface area contributed by atoms with Gasteiger partial charge in [0.05, 0.1) is 5.54 Å². The zero-order valence-corrected chi connectivity index (χ0v) is 15.0. The van der Waals surface area contributed by atoms with E-state index in [0.29, 0.717) is 6.54 Å². The highest BCUT2D eigenvalue weighted by Crippen LogP contribution is 2.38. The molecular formula is C23H26N2. The van der Waals surface area contributed by atoms with E-state index < -0.39 is 5.54 Å². The van der Waals surface area contributed by atoms with E-state index in [9.17, 15) is 0 Å². The normalized spacial score (nSPS) is 11.5. The number of nitrogens with two attached hydrogens (primary N) is 1. The van der Waals surface area contributed by atoms with Gasteiger partial charge in [0.1, 0.15) is 0 Å². The number of hydrogen-bond donors (Lipinski definition) is 2. The van der Waals surface area contributed by atoms with Gasteiger partial charge in [0.2, 0.25) is 0 Å². The maximum absolute atomic E-state index is 5.88. The molecule has 0 spiro atoms. The molecule has 3 rings (SSSR count). The van der Waals surface area contributed by atoms with E-state index in [0.717, 1.165) is 6.54 Å². The summed E-state index contributed by atoms with van der Waals surface area (Å²) in [6.07, 6.45) is 0. The van der Waals surface area contributed by atoms with Gasteiger partial charge in [-0.2, -0.15) is 0 Å². The fourth-order valence-corrected chi connectivity index (χ4v) is 3.57. The summed E-state index contributed by atoms with van der Waals surface area (Å²) in [7, 11) is 0. The molecule has 0 atom stereocenters. The molecule has 0 heterocycles. The van der Waals surface area contributed by atoms with Gasteiger partial charge in [-0.05, 0) is 41.7 Å². The van der Waals surface area contributed by atoms with E-state index in [1.54, 1.807) is 0 Å². The minimum Gasteiger partial charge on any atom is -0.329 e. The van der Waals surface area contributed by atoms with Gasteiger partial charge in [-0.3, -0.25) is 5.32 Å². The second kappa shape index (κ2) is 7.64. The number of benzene rings is 3. The van der Waals surface area contributed by atoms with Crippen LogP contribution < -0.4 is 11.1 Å². The van der Waals surface area contributed by atoms with Crippen molar-refractivity contribution in [3.8, 4) is 0 Å². The molecule has 0 unspecified atom stereocenters. The second-order valence-corrected chi connectivity index (χ2v) is 6.44. The highest BCUT2D eigenvalue weighted by atomic mass is 15.0. The van der Waals surface area contributed by atoms with Gasteiger partial charge >= 0.3 is 0 Å². The Morgan fingerprint density at radius 1 is 0.760 bits per heavy atom. The molecule has 3 N–H and O–H groups in total. The van der Waals surface area contributed by atoms with Crippen molar-refractivity contribution in [3.05, 3.63) is 107 Å². The van der Waals surface area contributed by atoms with Crippen molar-refractivity contribution in [2.24, 2.45) is 5.73 Å². The Morgan fingerprint density at radius 2 is 1.32 bits per heavy atom. The first-order valence-corrected chi connectivity index (χ1v) is 8.83. The van der Waals surface area contributed by atoms with Crippen molar-refractivity contribution in [3.63, 3.8) is 0 Å². The van der Waals surface area contributed by atoms with E-state index in [4.69, 9.17) is 5.73 Å². The lowest BCUT2D eigenvalue weighted by Gasteiger charge is -2.38. The van der Waals surface area contributed by atoms with Crippen molar-refractivity contribution >= 4 is 0 Å². The summed E-state index contributed by atoms with van der Waals surface area (Å²) < 4.78 is 0. The fourth-order valence-electron chi connectivity index (χ4n) is 3.57. The Morgan fingerprint density at radius 3 is 1.84 bits per heavy atom. The summed E-state index contributed by atoms with van der Waals surface area (Å²) in [5.74, 6) is 0. The molecule has 0 saturated heterocycles. The van der Waals surface area contributed by atoms with Crippen LogP contribution in [0.2, 0.25) is 0 Å². The molecule has 3 aromatic rings. The van der Waals surface area contributed by atoms with Crippen molar-refractivity contribution in [2.45, 2.75) is 19.4 Å². The molecule has 0 fully saturated rings. The maximum Gasteiger partial charge on any atom is 0.0951 e. The molecule has 0 radical (unpaired) electrons. The van der Waals surface area contributed by atoms with Gasteiger partial charge in [0.15, 0.2) is 0 Å². The van der Waals surface area contributed by atoms with Crippen LogP contribution in [0.3, 0.4) is 0 Å². The average Bonchev–Trinajstić information content (AvgIpc) is 2.67. The third-order valence-corrected chi connectivity index (χ3v) is 4.96. The van der Waals surface area contributed by atoms with E-state index in [1.165, 1.54) is 27.8 Å². The number of rotatable bonds is 6. The van der Waals surface area contributed by atoms with Gasteiger partial charge < -0.3 is 5.73 Å². The van der Waals surface area contributed by atoms with E-state index in [2.05, 4.69) is 98.0 Å². The Kier molecular flexibility index (Phi) is 5.32. The van der Waals surface area contributed by atoms with E-state index in [-0.39, 0.29) is 0 Å². The highest BCUT2D eigenvalue weighted by Gasteiger charge is 2.36. The molecule has 128 valence electrons. The minimum atomic E-state index is -0.419. The molecule has 0 aliphatic carbocycles. The van der Waals surface area contributed by atoms with Crippen LogP contribution in [-0.4, -0.2) is 13.1 Å². The lowest BCUT2D eigenvalue weighted by molar-refractivity contribution is 0.477. The average molecular weight is 330 g/mol. The summed E-state index contributed by atoms with van der Waals surface area (Å²) in [6, 6.07) is 27.8. The Balaban J connectivity index is 2.34. The van der Waals surface area contributed by atoms with Crippen LogP contribution in [0.15, 0.2) is 78.9 Å². The van der Waals surface area contributed by atoms with Crippen molar-refractivity contribution < 1.29 is 0 Å². The predicted octanol–water partition coefficient (Wildman–Crippen LogP) is 4.14. The molecular weight excluding hydrogens is 304 g/mol. The second-order valence-electron chi connectivity index (χ2n) is 6.44. The van der Waals surface area contributed by atoms with Crippen molar-refractivity contribution in [1.29, 1.82) is 0 Å². The van der Waals surface area contributed by atoms with Gasteiger partial charge in [0, 0.05) is 13.1 Å². The van der Waals surface area contributed by atoms with Gasteiger partial charge in [-0.15, -0.1) is 0 Å². The first kappa shape index (κ1) is 17.4.